The standard InChI is InChI=1S/C22H26N2O4/c1-23(2)13-7-9-15(17(11-13)27-5)19-21(25)20(22(19)26)16-10-8-14(24(3)4)12-18(16)28-6/h7-12,15,19H,1-6H3/p+1. The second kappa shape index (κ2) is 7.54. The maximum Gasteiger partial charge on any atom is 0.202 e. The van der Waals surface area contributed by atoms with E-state index in [0.29, 0.717) is 22.6 Å². The number of hydrogen-bond donors (Lipinski definition) is 1. The van der Waals surface area contributed by atoms with Gasteiger partial charge in [-0.15, -0.1) is 0 Å². The molecule has 6 heteroatoms. The lowest BCUT2D eigenvalue weighted by atomic mass is 9.70. The Labute approximate surface area is 165 Å². The fourth-order valence-corrected chi connectivity index (χ4v) is 3.59. The van der Waals surface area contributed by atoms with Crippen molar-refractivity contribution in [3.8, 4) is 5.75 Å². The summed E-state index contributed by atoms with van der Waals surface area (Å²) in [7, 11) is 10.9. The van der Waals surface area contributed by atoms with Crippen molar-refractivity contribution in [3.63, 3.8) is 0 Å². The van der Waals surface area contributed by atoms with E-state index in [2.05, 4.69) is 0 Å². The molecule has 0 spiro atoms. The molecule has 0 bridgehead atoms. The second-order valence-electron chi connectivity index (χ2n) is 7.34. The molecule has 6 nitrogen and oxygen atoms in total. The first-order valence-corrected chi connectivity index (χ1v) is 9.11. The Morgan fingerprint density at radius 2 is 1.86 bits per heavy atom. The fraction of sp³-hybridized carbons (Fsp3) is 0.364. The van der Waals surface area contributed by atoms with Crippen LogP contribution in [0.4, 0.5) is 5.69 Å². The van der Waals surface area contributed by atoms with Crippen molar-refractivity contribution in [3.05, 3.63) is 53.5 Å². The Morgan fingerprint density at radius 1 is 1.14 bits per heavy atom. The minimum atomic E-state index is -0.639. The molecule has 3 rings (SSSR count). The number of hydrogen-bond acceptors (Lipinski definition) is 5. The van der Waals surface area contributed by atoms with Gasteiger partial charge in [-0.25, -0.2) is 4.58 Å². The van der Waals surface area contributed by atoms with Crippen LogP contribution in [0.3, 0.4) is 0 Å². The van der Waals surface area contributed by atoms with Crippen molar-refractivity contribution in [1.82, 2.24) is 0 Å². The molecular formula is C22H27N2O4+. The van der Waals surface area contributed by atoms with E-state index in [9.17, 15) is 9.90 Å². The zero-order valence-electron chi connectivity index (χ0n) is 17.2. The van der Waals surface area contributed by atoms with E-state index in [1.54, 1.807) is 14.2 Å². The number of benzene rings is 1. The van der Waals surface area contributed by atoms with Crippen LogP contribution >= 0.6 is 0 Å². The number of aliphatic hydroxyl groups is 1. The number of ketones is 1. The van der Waals surface area contributed by atoms with Crippen LogP contribution in [0.5, 0.6) is 5.75 Å². The largest absolute Gasteiger partial charge is 0.511 e. The maximum absolute atomic E-state index is 13.0. The van der Waals surface area contributed by atoms with Crippen LogP contribution in [0.2, 0.25) is 0 Å². The monoisotopic (exact) mass is 383 g/mol. The molecule has 148 valence electrons. The molecule has 1 aromatic carbocycles. The molecule has 0 radical (unpaired) electrons. The number of anilines is 1. The first kappa shape index (κ1) is 19.7. The lowest BCUT2D eigenvalue weighted by Gasteiger charge is -2.34. The van der Waals surface area contributed by atoms with E-state index in [1.807, 2.05) is 74.1 Å². The third kappa shape index (κ3) is 3.19. The van der Waals surface area contributed by atoms with Crippen molar-refractivity contribution >= 4 is 22.8 Å². The van der Waals surface area contributed by atoms with Gasteiger partial charge in [0.1, 0.15) is 31.4 Å². The van der Waals surface area contributed by atoms with Crippen molar-refractivity contribution in [2.45, 2.75) is 0 Å². The molecule has 0 aromatic heterocycles. The Kier molecular flexibility index (Phi) is 5.31. The lowest BCUT2D eigenvalue weighted by Crippen LogP contribution is -2.38. The number of carbonyl (C=O) groups excluding carboxylic acids is 1. The van der Waals surface area contributed by atoms with Crippen LogP contribution in [0.25, 0.3) is 5.57 Å². The van der Waals surface area contributed by atoms with Gasteiger partial charge in [0.2, 0.25) is 5.71 Å². The fourth-order valence-electron chi connectivity index (χ4n) is 3.59. The van der Waals surface area contributed by atoms with Crippen molar-refractivity contribution in [2.24, 2.45) is 11.8 Å². The summed E-state index contributed by atoms with van der Waals surface area (Å²) >= 11 is 0. The smallest absolute Gasteiger partial charge is 0.202 e. The lowest BCUT2D eigenvalue weighted by molar-refractivity contribution is -0.462. The topological polar surface area (TPSA) is 62.0 Å². The van der Waals surface area contributed by atoms with Gasteiger partial charge in [-0.05, 0) is 12.1 Å². The number of ether oxygens (including phenoxy) is 2. The molecular weight excluding hydrogens is 356 g/mol. The average molecular weight is 383 g/mol. The first-order valence-electron chi connectivity index (χ1n) is 9.11. The molecule has 2 aliphatic carbocycles. The molecule has 0 amide bonds. The van der Waals surface area contributed by atoms with Crippen LogP contribution < -0.4 is 9.64 Å². The van der Waals surface area contributed by atoms with Crippen LogP contribution in [0, 0.1) is 11.8 Å². The molecule has 2 unspecified atom stereocenters. The summed E-state index contributed by atoms with van der Waals surface area (Å²) in [6.07, 6.45) is 5.75. The average Bonchev–Trinajstić information content (AvgIpc) is 2.68. The van der Waals surface area contributed by atoms with Crippen LogP contribution in [0.1, 0.15) is 5.56 Å². The summed E-state index contributed by atoms with van der Waals surface area (Å²) < 4.78 is 12.9. The highest BCUT2D eigenvalue weighted by molar-refractivity contribution is 6.30. The normalized spacial score (nSPS) is 21.3. The number of aliphatic hydroxyl groups excluding tert-OH is 1. The number of allylic oxidation sites excluding steroid dienone is 5. The van der Waals surface area contributed by atoms with Crippen molar-refractivity contribution in [2.75, 3.05) is 47.3 Å². The maximum atomic E-state index is 13.0. The van der Waals surface area contributed by atoms with Crippen LogP contribution in [-0.4, -0.2) is 63.6 Å². The third-order valence-electron chi connectivity index (χ3n) is 5.25. The molecule has 0 saturated carbocycles. The Bertz CT molecular complexity index is 934. The Morgan fingerprint density at radius 3 is 2.39 bits per heavy atom. The zero-order valence-corrected chi connectivity index (χ0v) is 17.2. The molecule has 0 aliphatic heterocycles. The molecule has 1 N–H and O–H groups in total. The van der Waals surface area contributed by atoms with E-state index >= 15 is 0 Å². The number of rotatable bonds is 5. The van der Waals surface area contributed by atoms with Gasteiger partial charge >= 0.3 is 0 Å². The van der Waals surface area contributed by atoms with Gasteiger partial charge < -0.3 is 19.5 Å². The SMILES string of the molecule is COC1=CC(=[N+](C)C)C=CC1C1C(=O)C(c2ccc(N(C)C)cc2OC)=C1O. The molecule has 2 aliphatic rings. The number of methoxy groups -OCH3 is 2. The first-order chi connectivity index (χ1) is 13.3. The number of carbonyl (C=O) groups is 1. The van der Waals surface area contributed by atoms with Gasteiger partial charge in [0.15, 0.2) is 5.78 Å². The molecule has 2 atom stereocenters. The highest BCUT2D eigenvalue weighted by Gasteiger charge is 2.47. The van der Waals surface area contributed by atoms with Gasteiger partial charge in [0, 0.05) is 43.6 Å². The number of Topliss-reactive ketones (excluding diaryl/α,β-unsaturated/α-hetero) is 1. The van der Waals surface area contributed by atoms with Crippen molar-refractivity contribution < 1.29 is 24.0 Å². The number of nitrogens with zero attached hydrogens (tertiary/aromatic N) is 2. The predicted octanol–water partition coefficient (Wildman–Crippen LogP) is 2.66. The van der Waals surface area contributed by atoms with Gasteiger partial charge in [0.25, 0.3) is 0 Å². The Balaban J connectivity index is 1.98. The van der Waals surface area contributed by atoms with Crippen LogP contribution in [0.15, 0.2) is 47.9 Å². The minimum absolute atomic E-state index is 0.0757. The van der Waals surface area contributed by atoms with E-state index in [-0.39, 0.29) is 17.5 Å². The third-order valence-corrected chi connectivity index (χ3v) is 5.25. The van der Waals surface area contributed by atoms with Crippen LogP contribution in [-0.2, 0) is 9.53 Å². The van der Waals surface area contributed by atoms with Gasteiger partial charge in [0.05, 0.1) is 31.6 Å². The molecule has 1 aromatic rings. The van der Waals surface area contributed by atoms with Gasteiger partial charge in [-0.3, -0.25) is 4.79 Å². The summed E-state index contributed by atoms with van der Waals surface area (Å²) in [4.78, 5) is 15.0. The van der Waals surface area contributed by atoms with Crippen molar-refractivity contribution in [1.29, 1.82) is 0 Å². The minimum Gasteiger partial charge on any atom is -0.511 e. The quantitative estimate of drug-likeness (QED) is 0.792. The molecule has 28 heavy (non-hydrogen) atoms. The second-order valence-corrected chi connectivity index (χ2v) is 7.34. The molecule has 0 fully saturated rings. The highest BCUT2D eigenvalue weighted by Crippen LogP contribution is 2.46. The van der Waals surface area contributed by atoms with Gasteiger partial charge in [-0.2, -0.15) is 0 Å². The molecule has 0 saturated heterocycles. The summed E-state index contributed by atoms with van der Waals surface area (Å²) in [6, 6.07) is 5.57. The summed E-state index contributed by atoms with van der Waals surface area (Å²) in [5.41, 5.74) is 2.86. The Hall–Kier alpha value is -3.02. The predicted molar refractivity (Wildman–Crippen MR) is 110 cm³/mol. The summed E-state index contributed by atoms with van der Waals surface area (Å²) in [5.74, 6) is 0.219. The van der Waals surface area contributed by atoms with E-state index in [0.717, 1.165) is 11.4 Å². The van der Waals surface area contributed by atoms with Gasteiger partial charge in [-0.1, -0.05) is 6.08 Å². The molecule has 0 heterocycles. The highest BCUT2D eigenvalue weighted by atomic mass is 16.5. The zero-order chi connectivity index (χ0) is 20.6. The van der Waals surface area contributed by atoms with E-state index in [4.69, 9.17) is 9.47 Å². The summed E-state index contributed by atoms with van der Waals surface area (Å²) in [5, 5.41) is 10.8. The van der Waals surface area contributed by atoms with E-state index < -0.39 is 5.92 Å². The summed E-state index contributed by atoms with van der Waals surface area (Å²) in [6.45, 7) is 0. The van der Waals surface area contributed by atoms with E-state index in [1.165, 1.54) is 0 Å².